The lowest BCUT2D eigenvalue weighted by Gasteiger charge is -2.18. The van der Waals surface area contributed by atoms with Crippen LogP contribution in [0.5, 0.6) is 0 Å². The van der Waals surface area contributed by atoms with E-state index in [1.807, 2.05) is 55.4 Å². The summed E-state index contributed by atoms with van der Waals surface area (Å²) in [6, 6.07) is 11.5. The Labute approximate surface area is 154 Å². The second kappa shape index (κ2) is 7.11. The normalized spacial score (nSPS) is 10.3. The highest BCUT2D eigenvalue weighted by molar-refractivity contribution is 14.1. The van der Waals surface area contributed by atoms with Crippen LogP contribution in [0.2, 0.25) is 0 Å². The summed E-state index contributed by atoms with van der Waals surface area (Å²) in [4.78, 5) is 14.5. The number of rotatable bonds is 3. The van der Waals surface area contributed by atoms with E-state index in [-0.39, 0.29) is 5.91 Å². The zero-order valence-electron chi connectivity index (χ0n) is 11.5. The molecule has 2 aromatic rings. The Morgan fingerprint density at radius 1 is 1.10 bits per heavy atom. The number of anilines is 2. The molecule has 0 radical (unpaired) electrons. The van der Waals surface area contributed by atoms with E-state index in [2.05, 4.69) is 59.8 Å². The predicted octanol–water partition coefficient (Wildman–Crippen LogP) is 5.13. The molecule has 0 saturated heterocycles. The quantitative estimate of drug-likeness (QED) is 0.565. The van der Waals surface area contributed by atoms with Crippen molar-refractivity contribution in [2.75, 3.05) is 24.3 Å². The van der Waals surface area contributed by atoms with E-state index >= 15 is 0 Å². The topological polar surface area (TPSA) is 32.3 Å². The monoisotopic (exact) mass is 522 g/mol. The van der Waals surface area contributed by atoms with Gasteiger partial charge in [-0.3, -0.25) is 4.79 Å². The first-order valence-corrected chi connectivity index (χ1v) is 8.78. The lowest BCUT2D eigenvalue weighted by atomic mass is 10.2. The maximum absolute atomic E-state index is 12.5. The van der Waals surface area contributed by atoms with Gasteiger partial charge < -0.3 is 10.2 Å². The molecular formula is C15H13Br2IN2O. The van der Waals surface area contributed by atoms with Gasteiger partial charge in [-0.15, -0.1) is 0 Å². The summed E-state index contributed by atoms with van der Waals surface area (Å²) >= 11 is 9.00. The summed E-state index contributed by atoms with van der Waals surface area (Å²) in [5, 5.41) is 2.98. The largest absolute Gasteiger partial charge is 0.376 e. The van der Waals surface area contributed by atoms with Gasteiger partial charge in [-0.2, -0.15) is 0 Å². The lowest BCUT2D eigenvalue weighted by Crippen LogP contribution is -2.17. The lowest BCUT2D eigenvalue weighted by molar-refractivity contribution is 0.102. The Morgan fingerprint density at radius 3 is 2.38 bits per heavy atom. The van der Waals surface area contributed by atoms with Crippen molar-refractivity contribution in [1.82, 2.24) is 0 Å². The van der Waals surface area contributed by atoms with Gasteiger partial charge in [0, 0.05) is 26.6 Å². The van der Waals surface area contributed by atoms with Gasteiger partial charge in [-0.1, -0.05) is 31.9 Å². The molecule has 0 bridgehead atoms. The molecule has 21 heavy (non-hydrogen) atoms. The molecule has 2 aromatic carbocycles. The van der Waals surface area contributed by atoms with Crippen molar-refractivity contribution in [3.63, 3.8) is 0 Å². The minimum absolute atomic E-state index is 0.123. The Bertz CT molecular complexity index is 689. The summed E-state index contributed by atoms with van der Waals surface area (Å²) in [7, 11) is 3.89. The maximum atomic E-state index is 12.5. The van der Waals surface area contributed by atoms with Gasteiger partial charge in [0.25, 0.3) is 5.91 Å². The van der Waals surface area contributed by atoms with Gasteiger partial charge in [0.05, 0.1) is 16.9 Å². The van der Waals surface area contributed by atoms with Crippen LogP contribution in [-0.4, -0.2) is 20.0 Å². The van der Waals surface area contributed by atoms with Gasteiger partial charge >= 0.3 is 0 Å². The number of nitrogens with one attached hydrogen (secondary N) is 1. The summed E-state index contributed by atoms with van der Waals surface area (Å²) in [5.41, 5.74) is 2.38. The number of benzene rings is 2. The molecule has 0 aliphatic heterocycles. The van der Waals surface area contributed by atoms with Gasteiger partial charge in [0.2, 0.25) is 0 Å². The number of amides is 1. The highest BCUT2D eigenvalue weighted by atomic mass is 127. The molecule has 3 nitrogen and oxygen atoms in total. The Hall–Kier alpha value is -0.600. The molecule has 0 heterocycles. The van der Waals surface area contributed by atoms with Gasteiger partial charge in [-0.25, -0.2) is 0 Å². The van der Waals surface area contributed by atoms with Crippen molar-refractivity contribution in [3.8, 4) is 0 Å². The molecule has 6 heteroatoms. The maximum Gasteiger partial charge on any atom is 0.256 e. The van der Waals surface area contributed by atoms with Crippen LogP contribution in [0.4, 0.5) is 11.4 Å². The Morgan fingerprint density at radius 2 is 1.71 bits per heavy atom. The first-order valence-electron chi connectivity index (χ1n) is 6.12. The minimum atomic E-state index is -0.123. The van der Waals surface area contributed by atoms with Crippen LogP contribution in [0.1, 0.15) is 10.4 Å². The van der Waals surface area contributed by atoms with Crippen LogP contribution in [0.15, 0.2) is 45.3 Å². The predicted molar refractivity (Wildman–Crippen MR) is 103 cm³/mol. The molecule has 2 rings (SSSR count). The van der Waals surface area contributed by atoms with Gasteiger partial charge in [0.1, 0.15) is 0 Å². The first kappa shape index (κ1) is 16.8. The van der Waals surface area contributed by atoms with E-state index in [4.69, 9.17) is 0 Å². The zero-order chi connectivity index (χ0) is 15.6. The average molecular weight is 524 g/mol. The smallest absolute Gasteiger partial charge is 0.256 e. The number of carbonyl (C=O) groups is 1. The fourth-order valence-corrected chi connectivity index (χ4v) is 3.16. The van der Waals surface area contributed by atoms with Crippen LogP contribution in [-0.2, 0) is 0 Å². The summed E-state index contributed by atoms with van der Waals surface area (Å²) < 4.78 is 2.72. The van der Waals surface area contributed by atoms with E-state index in [1.165, 1.54) is 0 Å². The number of carbonyl (C=O) groups excluding carboxylic acids is 1. The molecule has 0 aliphatic carbocycles. The average Bonchev–Trinajstić information content (AvgIpc) is 2.41. The molecule has 1 amide bonds. The van der Waals surface area contributed by atoms with Crippen molar-refractivity contribution in [2.24, 2.45) is 0 Å². The van der Waals surface area contributed by atoms with E-state index in [1.54, 1.807) is 0 Å². The molecule has 0 aliphatic rings. The minimum Gasteiger partial charge on any atom is -0.376 e. The standard InChI is InChI=1S/C15H13Br2IN2O/c1-20(2)14-6-4-10(17)8-13(14)19-15(21)11-7-9(16)3-5-12(11)18/h3-8H,1-2H3,(H,19,21). The fraction of sp³-hybridized carbons (Fsp3) is 0.133. The molecule has 110 valence electrons. The molecule has 0 atom stereocenters. The van der Waals surface area contributed by atoms with Gasteiger partial charge in [0.15, 0.2) is 0 Å². The van der Waals surface area contributed by atoms with Crippen molar-refractivity contribution in [2.45, 2.75) is 0 Å². The van der Waals surface area contributed by atoms with Crippen LogP contribution >= 0.6 is 54.5 Å². The van der Waals surface area contributed by atoms with Crippen molar-refractivity contribution >= 4 is 71.7 Å². The van der Waals surface area contributed by atoms with Crippen molar-refractivity contribution < 1.29 is 4.79 Å². The van der Waals surface area contributed by atoms with E-state index in [0.29, 0.717) is 5.56 Å². The molecule has 1 N–H and O–H groups in total. The van der Waals surface area contributed by atoms with Crippen molar-refractivity contribution in [1.29, 1.82) is 0 Å². The second-order valence-corrected chi connectivity index (χ2v) is 7.63. The summed E-state index contributed by atoms with van der Waals surface area (Å²) in [5.74, 6) is -0.123. The highest BCUT2D eigenvalue weighted by Crippen LogP contribution is 2.29. The molecule has 0 spiro atoms. The van der Waals surface area contributed by atoms with Crippen LogP contribution in [0, 0.1) is 3.57 Å². The molecule has 0 fully saturated rings. The fourth-order valence-electron chi connectivity index (χ4n) is 1.86. The SMILES string of the molecule is CN(C)c1ccc(Br)cc1NC(=O)c1cc(Br)ccc1I. The van der Waals surface area contributed by atoms with E-state index in [9.17, 15) is 4.79 Å². The molecular weight excluding hydrogens is 511 g/mol. The van der Waals surface area contributed by atoms with Crippen LogP contribution < -0.4 is 10.2 Å². The highest BCUT2D eigenvalue weighted by Gasteiger charge is 2.14. The summed E-state index contributed by atoms with van der Waals surface area (Å²) in [6.07, 6.45) is 0. The molecule has 0 aromatic heterocycles. The van der Waals surface area contributed by atoms with Crippen LogP contribution in [0.25, 0.3) is 0 Å². The van der Waals surface area contributed by atoms with Crippen LogP contribution in [0.3, 0.4) is 0 Å². The third kappa shape index (κ3) is 4.20. The van der Waals surface area contributed by atoms with Gasteiger partial charge in [-0.05, 0) is 59.0 Å². The van der Waals surface area contributed by atoms with E-state index < -0.39 is 0 Å². The van der Waals surface area contributed by atoms with E-state index in [0.717, 1.165) is 23.9 Å². The Balaban J connectivity index is 2.35. The first-order chi connectivity index (χ1) is 9.88. The number of hydrogen-bond donors (Lipinski definition) is 1. The molecule has 0 unspecified atom stereocenters. The third-order valence-electron chi connectivity index (χ3n) is 2.86. The molecule has 0 saturated carbocycles. The number of halogens is 3. The third-order valence-corrected chi connectivity index (χ3v) is 4.79. The Kier molecular flexibility index (Phi) is 5.67. The number of nitrogens with zero attached hydrogens (tertiary/aromatic N) is 1. The number of hydrogen-bond acceptors (Lipinski definition) is 2. The van der Waals surface area contributed by atoms with Crippen molar-refractivity contribution in [3.05, 3.63) is 54.5 Å². The zero-order valence-corrected chi connectivity index (χ0v) is 16.8. The summed E-state index contributed by atoms with van der Waals surface area (Å²) in [6.45, 7) is 0. The second-order valence-electron chi connectivity index (χ2n) is 4.63.